The van der Waals surface area contributed by atoms with Gasteiger partial charge in [0, 0.05) is 32.7 Å². The van der Waals surface area contributed by atoms with Crippen molar-refractivity contribution >= 4 is 25.5 Å². The molecule has 0 heterocycles. The molecule has 0 aliphatic rings. The number of ether oxygens (including phenoxy) is 1. The molecule has 0 unspecified atom stereocenters. The van der Waals surface area contributed by atoms with Gasteiger partial charge >= 0.3 is 0 Å². The van der Waals surface area contributed by atoms with E-state index >= 15 is 0 Å². The normalized spacial score (nSPS) is 5.45. The fourth-order valence-corrected chi connectivity index (χ4v) is 0.0465. The zero-order valence-corrected chi connectivity index (χ0v) is 8.16. The summed E-state index contributed by atoms with van der Waals surface area (Å²) < 4.78 is 3.22. The first-order valence-electron chi connectivity index (χ1n) is 1.93. The van der Waals surface area contributed by atoms with Crippen molar-refractivity contribution in [3.05, 3.63) is 0 Å². The quantitative estimate of drug-likeness (QED) is 0.445. The van der Waals surface area contributed by atoms with Gasteiger partial charge in [0.15, 0.2) is 0 Å². The minimum Gasteiger partial charge on any atom is -0.783 e. The molecule has 0 bridgehead atoms. The maximum absolute atomic E-state index is 9.02. The van der Waals surface area contributed by atoms with Crippen LogP contribution in [0.3, 0.4) is 0 Å². The van der Waals surface area contributed by atoms with Crippen molar-refractivity contribution in [1.82, 2.24) is 0 Å². The molecule has 0 aliphatic heterocycles. The molecule has 59 valence electrons. The van der Waals surface area contributed by atoms with Gasteiger partial charge < -0.3 is 23.9 Å². The molecule has 0 saturated heterocycles. The molecule has 0 aromatic carbocycles. The third kappa shape index (κ3) is 42.9. The third-order valence-electron chi connectivity index (χ3n) is 0.228. The Balaban J connectivity index is -0.000000107. The van der Waals surface area contributed by atoms with Crippen LogP contribution in [0.25, 0.3) is 0 Å². The van der Waals surface area contributed by atoms with E-state index in [1.807, 2.05) is 0 Å². The molecule has 6 heteroatoms. The molecule has 0 aliphatic carbocycles. The Kier molecular flexibility index (Phi) is 34.8. The van der Waals surface area contributed by atoms with Crippen molar-refractivity contribution in [3.8, 4) is 0 Å². The first-order chi connectivity index (χ1) is 4.83. The number of hydrogen-bond donors (Lipinski definition) is 0. The zero-order valence-electron chi connectivity index (χ0n) is 5.33. The van der Waals surface area contributed by atoms with E-state index in [1.165, 1.54) is 12.6 Å². The van der Waals surface area contributed by atoms with Gasteiger partial charge in [-0.05, 0) is 0 Å². The van der Waals surface area contributed by atoms with Gasteiger partial charge in [-0.1, -0.05) is 0 Å². The van der Waals surface area contributed by atoms with Crippen LogP contribution in [-0.2, 0) is 56.6 Å². The topological polar surface area (TPSA) is 77.5 Å². The summed E-state index contributed by atoms with van der Waals surface area (Å²) in [6, 6.07) is 0. The van der Waals surface area contributed by atoms with E-state index in [1.54, 1.807) is 0 Å². The van der Waals surface area contributed by atoms with E-state index in [9.17, 15) is 0 Å². The molecule has 0 saturated carbocycles. The van der Waals surface area contributed by atoms with Crippen LogP contribution in [0.2, 0.25) is 0 Å². The van der Waals surface area contributed by atoms with Gasteiger partial charge in [-0.2, -0.15) is 0 Å². The summed E-state index contributed by atoms with van der Waals surface area (Å²) in [4.78, 5) is 35.6. The molecule has 0 aromatic heterocycles. The Bertz CT molecular complexity index is 87.4. The summed E-state index contributed by atoms with van der Waals surface area (Å²) in [5.41, 5.74) is 0. The summed E-state index contributed by atoms with van der Waals surface area (Å²) in [5, 5.41) is 0. The SMILES string of the molecule is O=[C-]C[C-]=O.O=[C-]O[C-]=O.[Y]. The molecule has 0 amide bonds. The van der Waals surface area contributed by atoms with Crippen molar-refractivity contribution in [2.75, 3.05) is 0 Å². The van der Waals surface area contributed by atoms with Crippen LogP contribution in [-0.4, -0.2) is 25.5 Å². The van der Waals surface area contributed by atoms with Crippen LogP contribution in [0.1, 0.15) is 6.42 Å². The maximum atomic E-state index is 9.02. The first kappa shape index (κ1) is 16.9. The Morgan fingerprint density at radius 1 is 0.909 bits per heavy atom. The van der Waals surface area contributed by atoms with Gasteiger partial charge in [-0.3, -0.25) is 19.0 Å². The fourth-order valence-electron chi connectivity index (χ4n) is 0.0465. The monoisotopic (exact) mass is 231 g/mol. The van der Waals surface area contributed by atoms with Crippen LogP contribution in [0, 0.1) is 0 Å². The molecule has 11 heavy (non-hydrogen) atoms. The summed E-state index contributed by atoms with van der Waals surface area (Å²) in [5.74, 6) is 0. The average Bonchev–Trinajstić information content (AvgIpc) is 1.93. The second-order valence-corrected chi connectivity index (χ2v) is 0.734. The van der Waals surface area contributed by atoms with E-state index in [2.05, 4.69) is 4.74 Å². The summed E-state index contributed by atoms with van der Waals surface area (Å²) >= 11 is 0. The Labute approximate surface area is 88.3 Å². The Hall–Kier alpha value is -0.416. The molecule has 0 N–H and O–H groups in total. The van der Waals surface area contributed by atoms with Gasteiger partial charge in [0.1, 0.15) is 0 Å². The van der Waals surface area contributed by atoms with Crippen LogP contribution in [0.5, 0.6) is 0 Å². The second kappa shape index (κ2) is 22.6. The molecule has 0 spiro atoms. The predicted octanol–water partition coefficient (Wildman–Crippen LogP) is -1.27. The molecule has 0 aromatic rings. The third-order valence-corrected chi connectivity index (χ3v) is 0.228. The van der Waals surface area contributed by atoms with Crippen LogP contribution in [0.15, 0.2) is 0 Å². The average molecular weight is 231 g/mol. The number of hydrogen-bond acceptors (Lipinski definition) is 5. The van der Waals surface area contributed by atoms with Crippen molar-refractivity contribution in [1.29, 1.82) is 0 Å². The minimum absolute atomic E-state index is 0. The van der Waals surface area contributed by atoms with Crippen LogP contribution < -0.4 is 0 Å². The van der Waals surface area contributed by atoms with E-state index in [4.69, 9.17) is 19.2 Å². The second-order valence-electron chi connectivity index (χ2n) is 0.734. The van der Waals surface area contributed by atoms with Crippen LogP contribution in [0.4, 0.5) is 0 Å². The van der Waals surface area contributed by atoms with Crippen molar-refractivity contribution in [3.63, 3.8) is 0 Å². The zero-order chi connectivity index (χ0) is 8.24. The predicted molar refractivity (Wildman–Crippen MR) is 28.5 cm³/mol. The van der Waals surface area contributed by atoms with Gasteiger partial charge in [0.2, 0.25) is 0 Å². The molecule has 0 atom stereocenters. The molecular weight excluding hydrogens is 229 g/mol. The fraction of sp³-hybridized carbons (Fsp3) is 0.200. The summed E-state index contributed by atoms with van der Waals surface area (Å²) in [7, 11) is 0. The smallest absolute Gasteiger partial charge is 0 e. The van der Waals surface area contributed by atoms with E-state index in [0.29, 0.717) is 0 Å². The van der Waals surface area contributed by atoms with Crippen molar-refractivity contribution < 1.29 is 56.6 Å². The van der Waals surface area contributed by atoms with E-state index in [-0.39, 0.29) is 39.1 Å². The molecule has 0 rings (SSSR count). The Morgan fingerprint density at radius 3 is 1.27 bits per heavy atom. The molecular formula is C5H2O5Y-4. The Morgan fingerprint density at radius 2 is 1.27 bits per heavy atom. The maximum Gasteiger partial charge on any atom is 0 e. The summed E-state index contributed by atoms with van der Waals surface area (Å²) in [6.07, 6.45) is 2.47. The molecule has 5 nitrogen and oxygen atoms in total. The largest absolute Gasteiger partial charge is 0.783 e. The first-order valence-corrected chi connectivity index (χ1v) is 1.93. The van der Waals surface area contributed by atoms with E-state index in [0.717, 1.165) is 12.9 Å². The van der Waals surface area contributed by atoms with Gasteiger partial charge in [0.25, 0.3) is 0 Å². The number of rotatable bonds is 4. The van der Waals surface area contributed by atoms with Crippen molar-refractivity contribution in [2.45, 2.75) is 6.42 Å². The van der Waals surface area contributed by atoms with E-state index < -0.39 is 0 Å². The van der Waals surface area contributed by atoms with Crippen LogP contribution >= 0.6 is 0 Å². The molecule has 1 radical (unpaired) electrons. The number of carbonyl (C=O) groups excluding carboxylic acids is 4. The standard InChI is InChI=1S/C3H2O2.C2O3.Y/c4-2-1-3-5;3-1-5-2-4;/h1H2;;/q2*-2;. The van der Waals surface area contributed by atoms with Gasteiger partial charge in [-0.15, -0.1) is 12.9 Å². The van der Waals surface area contributed by atoms with Gasteiger partial charge in [0.05, 0.1) is 0 Å². The summed E-state index contributed by atoms with van der Waals surface area (Å²) in [6.45, 7) is 1.69. The van der Waals surface area contributed by atoms with Gasteiger partial charge in [-0.25, -0.2) is 0 Å². The molecule has 0 fully saturated rings. The minimum atomic E-state index is -0.222. The van der Waals surface area contributed by atoms with Crippen molar-refractivity contribution in [2.24, 2.45) is 0 Å².